The van der Waals surface area contributed by atoms with E-state index in [1.165, 1.54) is 29.3 Å². The van der Waals surface area contributed by atoms with E-state index < -0.39 is 23.7 Å². The Morgan fingerprint density at radius 3 is 2.52 bits per heavy atom. The van der Waals surface area contributed by atoms with Gasteiger partial charge in [0.05, 0.1) is 16.4 Å². The lowest BCUT2D eigenvalue weighted by Gasteiger charge is -2.29. The highest BCUT2D eigenvalue weighted by Crippen LogP contribution is 2.31. The minimum Gasteiger partial charge on any atom is -0.369 e. The van der Waals surface area contributed by atoms with Crippen LogP contribution in [0.25, 0.3) is 0 Å². The Morgan fingerprint density at radius 1 is 1.16 bits per heavy atom. The van der Waals surface area contributed by atoms with Crippen molar-refractivity contribution in [2.75, 3.05) is 39.8 Å². The number of thioether (sulfide) groups is 1. The average Bonchev–Trinajstić information content (AvgIpc) is 3.21. The van der Waals surface area contributed by atoms with Gasteiger partial charge in [0.1, 0.15) is 17.6 Å². The first-order valence-electron chi connectivity index (χ1n) is 9.77. The van der Waals surface area contributed by atoms with Crippen molar-refractivity contribution < 1.29 is 14.0 Å². The van der Waals surface area contributed by atoms with Crippen LogP contribution in [0.1, 0.15) is 6.42 Å². The van der Waals surface area contributed by atoms with Gasteiger partial charge in [-0.15, -0.1) is 0 Å². The van der Waals surface area contributed by atoms with Gasteiger partial charge in [-0.25, -0.2) is 4.39 Å². The Morgan fingerprint density at radius 2 is 1.87 bits per heavy atom. The van der Waals surface area contributed by atoms with Crippen LogP contribution in [0.5, 0.6) is 0 Å². The summed E-state index contributed by atoms with van der Waals surface area (Å²) in [5, 5.41) is 8.96. The molecule has 3 N–H and O–H groups in total. The summed E-state index contributed by atoms with van der Waals surface area (Å²) >= 11 is 8.37. The molecule has 2 heterocycles. The molecular formula is C21H21ClFN5O2S. The molecule has 4 rings (SSSR count). The van der Waals surface area contributed by atoms with E-state index in [2.05, 4.69) is 15.3 Å². The Labute approximate surface area is 188 Å². The number of nitrogens with two attached hydrogens (primary N) is 1. The third kappa shape index (κ3) is 4.77. The van der Waals surface area contributed by atoms with Gasteiger partial charge < -0.3 is 16.0 Å². The first-order valence-corrected chi connectivity index (χ1v) is 11.3. The molecule has 10 heteroatoms. The number of hydrogen-bond acceptors (Lipinski definition) is 6. The van der Waals surface area contributed by atoms with E-state index >= 15 is 0 Å². The highest BCUT2D eigenvalue weighted by Gasteiger charge is 2.35. The molecule has 2 aliphatic rings. The predicted octanol–water partition coefficient (Wildman–Crippen LogP) is 3.09. The van der Waals surface area contributed by atoms with Gasteiger partial charge >= 0.3 is 0 Å². The van der Waals surface area contributed by atoms with Crippen molar-refractivity contribution in [3.05, 3.63) is 53.3 Å². The van der Waals surface area contributed by atoms with Crippen molar-refractivity contribution in [3.63, 3.8) is 0 Å². The lowest BCUT2D eigenvalue weighted by molar-refractivity contribution is -0.119. The first-order chi connectivity index (χ1) is 14.9. The fraction of sp³-hybridized carbons (Fsp3) is 0.286. The number of benzene rings is 2. The predicted molar refractivity (Wildman–Crippen MR) is 124 cm³/mol. The lowest BCUT2D eigenvalue weighted by atomic mass is 10.1. The molecule has 2 aliphatic heterocycles. The van der Waals surface area contributed by atoms with Crippen LogP contribution in [0.2, 0.25) is 5.02 Å². The second-order valence-electron chi connectivity index (χ2n) is 7.21. The second-order valence-corrected chi connectivity index (χ2v) is 8.84. The number of carbonyl (C=O) groups is 2. The molecule has 162 valence electrons. The zero-order valence-corrected chi connectivity index (χ0v) is 18.1. The van der Waals surface area contributed by atoms with E-state index in [1.54, 1.807) is 12.1 Å². The molecule has 1 saturated heterocycles. The monoisotopic (exact) mass is 461 g/mol. The van der Waals surface area contributed by atoms with Crippen LogP contribution in [0.4, 0.5) is 21.5 Å². The first kappa shape index (κ1) is 21.5. The van der Waals surface area contributed by atoms with Crippen molar-refractivity contribution in [3.8, 4) is 0 Å². The number of hydrogen-bond donors (Lipinski definition) is 2. The molecule has 0 aromatic heterocycles. The van der Waals surface area contributed by atoms with Gasteiger partial charge in [0.15, 0.2) is 0 Å². The van der Waals surface area contributed by atoms with Gasteiger partial charge in [0.2, 0.25) is 5.91 Å². The Kier molecular flexibility index (Phi) is 6.33. The lowest BCUT2D eigenvalue weighted by Crippen LogP contribution is -2.39. The number of carbonyl (C=O) groups excluding carboxylic acids is 2. The molecule has 0 aliphatic carbocycles. The third-order valence-electron chi connectivity index (χ3n) is 5.15. The molecular weight excluding hydrogens is 441 g/mol. The number of amides is 2. The van der Waals surface area contributed by atoms with E-state index in [0.717, 1.165) is 30.3 Å². The highest BCUT2D eigenvalue weighted by molar-refractivity contribution is 7.99. The number of primary amides is 1. The summed E-state index contributed by atoms with van der Waals surface area (Å²) in [6.45, 7) is 1.86. The minimum absolute atomic E-state index is 0.0514. The summed E-state index contributed by atoms with van der Waals surface area (Å²) in [6, 6.07) is 10.0. The minimum atomic E-state index is -0.825. The van der Waals surface area contributed by atoms with Crippen LogP contribution in [0.3, 0.4) is 0 Å². The topological polar surface area (TPSA) is 91.0 Å². The molecule has 0 radical (unpaired) electrons. The maximum absolute atomic E-state index is 13.2. The molecule has 0 saturated carbocycles. The third-order valence-corrected chi connectivity index (χ3v) is 6.39. The molecule has 31 heavy (non-hydrogen) atoms. The van der Waals surface area contributed by atoms with Crippen molar-refractivity contribution in [1.82, 2.24) is 0 Å². The second kappa shape index (κ2) is 9.15. The summed E-state index contributed by atoms with van der Waals surface area (Å²) in [5.74, 6) is 0.627. The molecule has 2 aromatic carbocycles. The zero-order chi connectivity index (χ0) is 22.0. The normalized spacial score (nSPS) is 18.6. The van der Waals surface area contributed by atoms with Crippen LogP contribution in [-0.4, -0.2) is 48.2 Å². The summed E-state index contributed by atoms with van der Waals surface area (Å²) < 4.78 is 13.2. The summed E-state index contributed by atoms with van der Waals surface area (Å²) in [7, 11) is 0. The van der Waals surface area contributed by atoms with Crippen molar-refractivity contribution >= 4 is 58.0 Å². The van der Waals surface area contributed by atoms with Crippen LogP contribution in [0, 0.1) is 5.82 Å². The Bertz CT molecular complexity index is 1030. The average molecular weight is 462 g/mol. The highest BCUT2D eigenvalue weighted by atomic mass is 35.5. The zero-order valence-electron chi connectivity index (χ0n) is 16.6. The Hall–Kier alpha value is -2.78. The molecule has 2 amide bonds. The molecule has 0 spiro atoms. The standard InChI is InChI=1S/C21H21ClFN5O2S/c22-16-11-14(3-6-18(16)27-7-9-31-10-8-27)25-21(30)17-12-19(20(24)29)28(26-17)15-4-1-13(23)2-5-15/h1-6,11,19H,7-10,12H2,(H2,24,29)(H,25,30). The number of nitrogens with zero attached hydrogens (tertiary/aromatic N) is 3. The van der Waals surface area contributed by atoms with E-state index in [9.17, 15) is 14.0 Å². The van der Waals surface area contributed by atoms with E-state index in [0.29, 0.717) is 16.4 Å². The molecule has 0 bridgehead atoms. The van der Waals surface area contributed by atoms with Gasteiger partial charge in [0.25, 0.3) is 5.91 Å². The van der Waals surface area contributed by atoms with E-state index in [-0.39, 0.29) is 12.1 Å². The van der Waals surface area contributed by atoms with Gasteiger partial charge in [0, 0.05) is 36.7 Å². The number of halogens is 2. The van der Waals surface area contributed by atoms with Crippen LogP contribution < -0.4 is 21.0 Å². The van der Waals surface area contributed by atoms with E-state index in [4.69, 9.17) is 17.3 Å². The van der Waals surface area contributed by atoms with Crippen molar-refractivity contribution in [2.45, 2.75) is 12.5 Å². The maximum atomic E-state index is 13.2. The quantitative estimate of drug-likeness (QED) is 0.714. The SMILES string of the molecule is NC(=O)C1CC(C(=O)Nc2ccc(N3CCSCC3)c(Cl)c2)=NN1c1ccc(F)cc1. The summed E-state index contributed by atoms with van der Waals surface area (Å²) in [5.41, 5.74) is 7.59. The molecule has 2 aromatic rings. The number of hydrazone groups is 1. The van der Waals surface area contributed by atoms with Crippen LogP contribution >= 0.6 is 23.4 Å². The van der Waals surface area contributed by atoms with Gasteiger partial charge in [-0.2, -0.15) is 16.9 Å². The molecule has 1 unspecified atom stereocenters. The molecule has 1 atom stereocenters. The van der Waals surface area contributed by atoms with Crippen molar-refractivity contribution in [1.29, 1.82) is 0 Å². The number of rotatable bonds is 5. The Balaban J connectivity index is 1.50. The smallest absolute Gasteiger partial charge is 0.271 e. The fourth-order valence-corrected chi connectivity index (χ4v) is 4.75. The van der Waals surface area contributed by atoms with Crippen molar-refractivity contribution in [2.24, 2.45) is 10.8 Å². The molecule has 7 nitrogen and oxygen atoms in total. The summed E-state index contributed by atoms with van der Waals surface area (Å²) in [6.07, 6.45) is 0.0514. The van der Waals surface area contributed by atoms with Gasteiger partial charge in [-0.1, -0.05) is 11.6 Å². The van der Waals surface area contributed by atoms with Crippen LogP contribution in [-0.2, 0) is 9.59 Å². The number of nitrogens with one attached hydrogen (secondary N) is 1. The molecule has 1 fully saturated rings. The van der Waals surface area contributed by atoms with Crippen LogP contribution in [0.15, 0.2) is 47.6 Å². The van der Waals surface area contributed by atoms with Gasteiger partial charge in [-0.3, -0.25) is 14.6 Å². The maximum Gasteiger partial charge on any atom is 0.271 e. The number of anilines is 3. The fourth-order valence-electron chi connectivity index (χ4n) is 3.55. The largest absolute Gasteiger partial charge is 0.369 e. The summed E-state index contributed by atoms with van der Waals surface area (Å²) in [4.78, 5) is 26.9. The van der Waals surface area contributed by atoms with E-state index in [1.807, 2.05) is 17.8 Å². The van der Waals surface area contributed by atoms with Gasteiger partial charge in [-0.05, 0) is 42.5 Å².